The van der Waals surface area contributed by atoms with Gasteiger partial charge in [0, 0.05) is 0 Å². The summed E-state index contributed by atoms with van der Waals surface area (Å²) in [6.07, 6.45) is -0.148. The zero-order valence-corrected chi connectivity index (χ0v) is 7.16. The van der Waals surface area contributed by atoms with Crippen LogP contribution >= 0.6 is 0 Å². The molecule has 1 heterocycles. The molecule has 1 rings (SSSR count). The highest BCUT2D eigenvalue weighted by Gasteiger charge is 2.33. The fourth-order valence-electron chi connectivity index (χ4n) is 0.626. The van der Waals surface area contributed by atoms with Crippen LogP contribution in [-0.2, 0) is 14.3 Å². The number of hydrogen-bond donors (Lipinski definition) is 0. The van der Waals surface area contributed by atoms with Crippen molar-refractivity contribution in [2.24, 2.45) is 5.41 Å². The van der Waals surface area contributed by atoms with E-state index in [2.05, 4.69) is 0 Å². The monoisotopic (exact) mass is 169 g/mol. The summed E-state index contributed by atoms with van der Waals surface area (Å²) in [4.78, 5) is 11.2. The first-order chi connectivity index (χ1) is 5.56. The first-order valence-corrected chi connectivity index (χ1v) is 3.76. The molecule has 0 N–H and O–H groups in total. The highest BCUT2D eigenvalue weighted by Crippen LogP contribution is 2.18. The molecule has 0 spiro atoms. The highest BCUT2D eigenvalue weighted by molar-refractivity contribution is 5.79. The Kier molecular flexibility index (Phi) is 2.34. The van der Waals surface area contributed by atoms with E-state index in [9.17, 15) is 4.79 Å². The number of esters is 1. The Labute approximate surface area is 71.1 Å². The van der Waals surface area contributed by atoms with Crippen LogP contribution in [0.5, 0.6) is 0 Å². The topological polar surface area (TPSA) is 59.3 Å². The average Bonchev–Trinajstić information content (AvgIpc) is 1.96. The predicted molar refractivity (Wildman–Crippen MR) is 40.1 cm³/mol. The molecule has 0 bridgehead atoms. The van der Waals surface area contributed by atoms with Crippen LogP contribution in [0.1, 0.15) is 13.8 Å². The minimum atomic E-state index is -1.05. The van der Waals surface area contributed by atoms with Crippen molar-refractivity contribution < 1.29 is 14.3 Å². The van der Waals surface area contributed by atoms with E-state index in [0.29, 0.717) is 13.2 Å². The van der Waals surface area contributed by atoms with Crippen LogP contribution in [0, 0.1) is 16.7 Å². The normalized spacial score (nSPS) is 17.8. The van der Waals surface area contributed by atoms with Gasteiger partial charge in [-0.2, -0.15) is 5.26 Å². The summed E-state index contributed by atoms with van der Waals surface area (Å²) in [5, 5.41) is 8.59. The Morgan fingerprint density at radius 1 is 1.67 bits per heavy atom. The summed E-state index contributed by atoms with van der Waals surface area (Å²) in [7, 11) is 0. The second-order valence-electron chi connectivity index (χ2n) is 3.30. The summed E-state index contributed by atoms with van der Waals surface area (Å²) >= 11 is 0. The lowest BCUT2D eigenvalue weighted by Gasteiger charge is -2.27. The maximum absolute atomic E-state index is 11.2. The van der Waals surface area contributed by atoms with Crippen molar-refractivity contribution in [1.82, 2.24) is 0 Å². The molecule has 0 aromatic heterocycles. The third-order valence-electron chi connectivity index (χ3n) is 1.67. The lowest BCUT2D eigenvalue weighted by Crippen LogP contribution is -2.41. The van der Waals surface area contributed by atoms with E-state index in [1.807, 2.05) is 6.07 Å². The van der Waals surface area contributed by atoms with Crippen LogP contribution in [0.25, 0.3) is 0 Å². The number of nitriles is 1. The summed E-state index contributed by atoms with van der Waals surface area (Å²) in [6.45, 7) is 3.98. The van der Waals surface area contributed by atoms with Crippen molar-refractivity contribution in [3.63, 3.8) is 0 Å². The van der Waals surface area contributed by atoms with E-state index in [1.54, 1.807) is 0 Å². The number of nitrogens with zero attached hydrogens (tertiary/aromatic N) is 1. The molecular formula is C8H11NO3. The molecule has 1 aliphatic heterocycles. The smallest absolute Gasteiger partial charge is 0.326 e. The zero-order valence-electron chi connectivity index (χ0n) is 7.16. The lowest BCUT2D eigenvalue weighted by atomic mass is 9.96. The molecule has 0 aromatic rings. The van der Waals surface area contributed by atoms with E-state index in [4.69, 9.17) is 14.7 Å². The van der Waals surface area contributed by atoms with Gasteiger partial charge in [-0.05, 0) is 13.8 Å². The van der Waals surface area contributed by atoms with Crippen LogP contribution < -0.4 is 0 Å². The molecule has 66 valence electrons. The summed E-state index contributed by atoms with van der Waals surface area (Å²) in [6, 6.07) is 1.88. The van der Waals surface area contributed by atoms with Gasteiger partial charge in [0.05, 0.1) is 19.3 Å². The largest absolute Gasteiger partial charge is 0.456 e. The molecular weight excluding hydrogens is 158 g/mol. The Bertz CT molecular complexity index is 225. The van der Waals surface area contributed by atoms with Crippen molar-refractivity contribution in [2.75, 3.05) is 13.2 Å². The van der Waals surface area contributed by atoms with Gasteiger partial charge < -0.3 is 9.47 Å². The van der Waals surface area contributed by atoms with Crippen molar-refractivity contribution in [1.29, 1.82) is 5.26 Å². The van der Waals surface area contributed by atoms with Crippen LogP contribution in [0.3, 0.4) is 0 Å². The summed E-state index contributed by atoms with van der Waals surface area (Å²) < 4.78 is 9.78. The number of hydrogen-bond acceptors (Lipinski definition) is 4. The third-order valence-corrected chi connectivity index (χ3v) is 1.67. The molecule has 0 unspecified atom stereocenters. The molecule has 1 aliphatic rings. The van der Waals surface area contributed by atoms with Crippen molar-refractivity contribution in [3.05, 3.63) is 0 Å². The predicted octanol–water partition coefficient (Wildman–Crippen LogP) is 0.478. The van der Waals surface area contributed by atoms with Crippen LogP contribution in [0.2, 0.25) is 0 Å². The molecule has 0 radical (unpaired) electrons. The maximum atomic E-state index is 11.2. The second-order valence-corrected chi connectivity index (χ2v) is 3.30. The van der Waals surface area contributed by atoms with E-state index in [-0.39, 0.29) is 6.10 Å². The van der Waals surface area contributed by atoms with Gasteiger partial charge in [-0.25, -0.2) is 0 Å². The van der Waals surface area contributed by atoms with Gasteiger partial charge in [0.2, 0.25) is 0 Å². The fraction of sp³-hybridized carbons (Fsp3) is 0.750. The third kappa shape index (κ3) is 1.74. The Balaban J connectivity index is 2.42. The Morgan fingerprint density at radius 2 is 2.25 bits per heavy atom. The molecule has 4 nitrogen and oxygen atoms in total. The standard InChI is InChI=1S/C8H11NO3/c1-8(2,5-9)7(10)12-6-3-11-4-6/h6H,3-4H2,1-2H3. The highest BCUT2D eigenvalue weighted by atomic mass is 16.6. The number of carbonyl (C=O) groups excluding carboxylic acids is 1. The minimum Gasteiger partial charge on any atom is -0.456 e. The Hall–Kier alpha value is -1.08. The van der Waals surface area contributed by atoms with Crippen LogP contribution in [0.15, 0.2) is 0 Å². The van der Waals surface area contributed by atoms with Crippen molar-refractivity contribution in [2.45, 2.75) is 20.0 Å². The maximum Gasteiger partial charge on any atom is 0.326 e. The van der Waals surface area contributed by atoms with Crippen LogP contribution in [-0.4, -0.2) is 25.3 Å². The molecule has 4 heteroatoms. The second kappa shape index (κ2) is 3.11. The fourth-order valence-corrected chi connectivity index (χ4v) is 0.626. The minimum absolute atomic E-state index is 0.148. The lowest BCUT2D eigenvalue weighted by molar-refractivity contribution is -0.178. The molecule has 0 atom stereocenters. The molecule has 0 amide bonds. The van der Waals surface area contributed by atoms with Crippen molar-refractivity contribution in [3.8, 4) is 6.07 Å². The van der Waals surface area contributed by atoms with Crippen LogP contribution in [0.4, 0.5) is 0 Å². The quantitative estimate of drug-likeness (QED) is 0.564. The van der Waals surface area contributed by atoms with E-state index in [0.717, 1.165) is 0 Å². The van der Waals surface area contributed by atoms with Gasteiger partial charge in [0.25, 0.3) is 0 Å². The van der Waals surface area contributed by atoms with Gasteiger partial charge >= 0.3 is 5.97 Å². The summed E-state index contributed by atoms with van der Waals surface area (Å²) in [5.41, 5.74) is -1.05. The molecule has 0 aromatic carbocycles. The van der Waals surface area contributed by atoms with Gasteiger partial charge in [-0.3, -0.25) is 4.79 Å². The molecule has 1 saturated heterocycles. The first kappa shape index (κ1) is 9.01. The SMILES string of the molecule is CC(C)(C#N)C(=O)OC1COC1. The van der Waals surface area contributed by atoms with E-state index < -0.39 is 11.4 Å². The molecule has 1 fully saturated rings. The summed E-state index contributed by atoms with van der Waals surface area (Å²) in [5.74, 6) is -0.474. The number of ether oxygens (including phenoxy) is 2. The average molecular weight is 169 g/mol. The van der Waals surface area contributed by atoms with Gasteiger partial charge in [0.1, 0.15) is 11.5 Å². The first-order valence-electron chi connectivity index (χ1n) is 3.76. The number of carbonyl (C=O) groups is 1. The number of rotatable bonds is 2. The zero-order chi connectivity index (χ0) is 9.19. The molecule has 0 saturated carbocycles. The van der Waals surface area contributed by atoms with E-state index >= 15 is 0 Å². The molecule has 0 aliphatic carbocycles. The molecule has 12 heavy (non-hydrogen) atoms. The van der Waals surface area contributed by atoms with E-state index in [1.165, 1.54) is 13.8 Å². The van der Waals surface area contributed by atoms with Gasteiger partial charge in [-0.1, -0.05) is 0 Å². The van der Waals surface area contributed by atoms with Gasteiger partial charge in [-0.15, -0.1) is 0 Å². The van der Waals surface area contributed by atoms with Crippen molar-refractivity contribution >= 4 is 5.97 Å². The van der Waals surface area contributed by atoms with Gasteiger partial charge in [0.15, 0.2) is 0 Å². The Morgan fingerprint density at radius 3 is 2.58 bits per heavy atom.